The van der Waals surface area contributed by atoms with Gasteiger partial charge in [-0.3, -0.25) is 0 Å². The number of nitrogens with zero attached hydrogens (tertiary/aromatic N) is 3. The van der Waals surface area contributed by atoms with Crippen molar-refractivity contribution < 1.29 is 12.8 Å². The van der Waals surface area contributed by atoms with Gasteiger partial charge in [0.1, 0.15) is 4.91 Å². The van der Waals surface area contributed by atoms with Crippen molar-refractivity contribution in [2.75, 3.05) is 13.3 Å². The fraction of sp³-hybridized carbons (Fsp3) is 0.500. The highest BCUT2D eigenvalue weighted by molar-refractivity contribution is 7.98. The molecule has 0 amide bonds. The van der Waals surface area contributed by atoms with E-state index in [2.05, 4.69) is 15.6 Å². The third kappa shape index (κ3) is 2.11. The molecule has 1 aromatic heterocycles. The molecule has 0 saturated heterocycles. The van der Waals surface area contributed by atoms with Crippen LogP contribution >= 0.6 is 11.8 Å². The van der Waals surface area contributed by atoms with E-state index in [-0.39, 0.29) is 10.8 Å². The minimum absolute atomic E-state index is 0.0196. The zero-order valence-electron chi connectivity index (χ0n) is 10.0. The topological polar surface area (TPSA) is 114 Å². The average Bonchev–Trinajstić information content (AvgIpc) is 2.82. The second-order valence-corrected chi connectivity index (χ2v) is 6.25. The molecule has 1 atom stereocenters. The number of hydrogen-bond donors (Lipinski definition) is 2. The van der Waals surface area contributed by atoms with Crippen molar-refractivity contribution in [3.63, 3.8) is 0 Å². The first-order chi connectivity index (χ1) is 8.27. The molecule has 2 rings (SSSR count). The molecule has 0 radical (unpaired) electrons. The van der Waals surface area contributed by atoms with Crippen LogP contribution in [-0.2, 0) is 15.6 Å². The summed E-state index contributed by atoms with van der Waals surface area (Å²) in [6, 6.07) is 0. The Kier molecular flexibility index (Phi) is 3.13. The Bertz CT molecular complexity index is 596. The molecule has 8 nitrogen and oxygen atoms in total. The van der Waals surface area contributed by atoms with Crippen LogP contribution in [0.15, 0.2) is 20.7 Å². The highest BCUT2D eigenvalue weighted by Gasteiger charge is 2.46. The number of rotatable bonds is 3. The van der Waals surface area contributed by atoms with Gasteiger partial charge in [0.2, 0.25) is 15.9 Å². The number of primary sulfonamides is 1. The maximum Gasteiger partial charge on any atom is 0.276 e. The van der Waals surface area contributed by atoms with E-state index in [4.69, 9.17) is 9.56 Å². The molecule has 100 valence electrons. The second-order valence-electron chi connectivity index (χ2n) is 3.96. The van der Waals surface area contributed by atoms with Gasteiger partial charge in [-0.1, -0.05) is 11.8 Å². The molecular weight excluding hydrogens is 278 g/mol. The number of sulfonamides is 1. The standard InChI is InChI=1S/C8H13N5O3S2/c1-8(6-10-11-7(16-6)17-3)5(18(9,14)15)4-13(2)12-8/h4,12H,1-3H3,(H2,9,14,15). The van der Waals surface area contributed by atoms with Crippen molar-refractivity contribution >= 4 is 21.8 Å². The maximum absolute atomic E-state index is 11.6. The number of aromatic nitrogens is 2. The predicted octanol–water partition coefficient (Wildman–Crippen LogP) is -0.413. The number of thioether (sulfide) groups is 1. The molecular formula is C8H13N5O3S2. The lowest BCUT2D eigenvalue weighted by Gasteiger charge is -2.24. The Morgan fingerprint density at radius 2 is 2.22 bits per heavy atom. The highest BCUT2D eigenvalue weighted by Crippen LogP contribution is 2.35. The number of nitrogens with two attached hydrogens (primary N) is 1. The summed E-state index contributed by atoms with van der Waals surface area (Å²) in [5.41, 5.74) is 1.77. The van der Waals surface area contributed by atoms with Crippen molar-refractivity contribution in [2.24, 2.45) is 5.14 Å². The third-order valence-corrected chi connectivity index (χ3v) is 4.16. The Balaban J connectivity index is 2.50. The van der Waals surface area contributed by atoms with Crippen LogP contribution in [0.3, 0.4) is 0 Å². The highest BCUT2D eigenvalue weighted by atomic mass is 32.2. The van der Waals surface area contributed by atoms with Crippen molar-refractivity contribution in [1.82, 2.24) is 20.6 Å². The van der Waals surface area contributed by atoms with E-state index in [9.17, 15) is 8.42 Å². The molecule has 0 fully saturated rings. The second kappa shape index (κ2) is 4.23. The van der Waals surface area contributed by atoms with Crippen LogP contribution in [0.5, 0.6) is 0 Å². The molecule has 10 heteroatoms. The third-order valence-electron chi connectivity index (χ3n) is 2.52. The van der Waals surface area contributed by atoms with Gasteiger partial charge < -0.3 is 9.43 Å². The average molecular weight is 291 g/mol. The van der Waals surface area contributed by atoms with Gasteiger partial charge in [0, 0.05) is 13.2 Å². The van der Waals surface area contributed by atoms with Gasteiger partial charge in [0.15, 0.2) is 5.54 Å². The SMILES string of the molecule is CSc1nnc(C2(C)NN(C)C=C2S(N)(=O)=O)o1. The van der Waals surface area contributed by atoms with Crippen molar-refractivity contribution in [2.45, 2.75) is 17.7 Å². The first-order valence-electron chi connectivity index (χ1n) is 4.91. The molecule has 3 N–H and O–H groups in total. The molecule has 1 aliphatic heterocycles. The van der Waals surface area contributed by atoms with E-state index in [1.807, 2.05) is 0 Å². The zero-order valence-corrected chi connectivity index (χ0v) is 11.7. The zero-order chi connectivity index (χ0) is 13.6. The molecule has 0 spiro atoms. The lowest BCUT2D eigenvalue weighted by atomic mass is 10.0. The summed E-state index contributed by atoms with van der Waals surface area (Å²) in [6.45, 7) is 1.62. The molecule has 1 unspecified atom stereocenters. The number of hydrogen-bond acceptors (Lipinski definition) is 8. The van der Waals surface area contributed by atoms with Crippen LogP contribution in [0, 0.1) is 0 Å². The number of nitrogens with one attached hydrogen (secondary N) is 1. The largest absolute Gasteiger partial charge is 0.413 e. The molecule has 0 aliphatic carbocycles. The number of hydrazine groups is 1. The summed E-state index contributed by atoms with van der Waals surface area (Å²) in [5.74, 6) is 0.150. The van der Waals surface area contributed by atoms with Crippen LogP contribution in [0.1, 0.15) is 12.8 Å². The summed E-state index contributed by atoms with van der Waals surface area (Å²) in [6.07, 6.45) is 3.17. The summed E-state index contributed by atoms with van der Waals surface area (Å²) < 4.78 is 28.6. The molecule has 1 aliphatic rings. The van der Waals surface area contributed by atoms with E-state index in [1.54, 1.807) is 20.2 Å². The monoisotopic (exact) mass is 291 g/mol. The van der Waals surface area contributed by atoms with Crippen molar-refractivity contribution in [1.29, 1.82) is 0 Å². The fourth-order valence-corrected chi connectivity index (χ4v) is 3.04. The fourth-order valence-electron chi connectivity index (χ4n) is 1.75. The summed E-state index contributed by atoms with van der Waals surface area (Å²) in [7, 11) is -2.21. The van der Waals surface area contributed by atoms with Gasteiger partial charge in [-0.05, 0) is 13.2 Å². The molecule has 0 bridgehead atoms. The quantitative estimate of drug-likeness (QED) is 0.722. The molecule has 0 aromatic carbocycles. The van der Waals surface area contributed by atoms with Crippen LogP contribution in [0.2, 0.25) is 0 Å². The predicted molar refractivity (Wildman–Crippen MR) is 65.5 cm³/mol. The molecule has 1 aromatic rings. The Morgan fingerprint density at radius 3 is 2.72 bits per heavy atom. The van der Waals surface area contributed by atoms with Crippen LogP contribution < -0.4 is 10.6 Å². The van der Waals surface area contributed by atoms with Crippen LogP contribution in [-0.4, -0.2) is 36.9 Å². The van der Waals surface area contributed by atoms with Gasteiger partial charge in [-0.2, -0.15) is 0 Å². The normalized spacial score (nSPS) is 24.4. The Hall–Kier alpha value is -1.10. The van der Waals surface area contributed by atoms with Crippen molar-refractivity contribution in [3.8, 4) is 0 Å². The van der Waals surface area contributed by atoms with E-state index < -0.39 is 15.6 Å². The lowest BCUT2D eigenvalue weighted by molar-refractivity contribution is 0.224. The molecule has 18 heavy (non-hydrogen) atoms. The van der Waals surface area contributed by atoms with Crippen LogP contribution in [0.4, 0.5) is 0 Å². The Labute approximate surface area is 109 Å². The summed E-state index contributed by atoms with van der Waals surface area (Å²) in [5, 5.41) is 14.7. The van der Waals surface area contributed by atoms with E-state index in [0.717, 1.165) is 0 Å². The van der Waals surface area contributed by atoms with Gasteiger partial charge in [0.05, 0.1) is 0 Å². The maximum atomic E-state index is 11.6. The minimum atomic E-state index is -3.87. The van der Waals surface area contributed by atoms with E-state index in [1.165, 1.54) is 23.0 Å². The lowest BCUT2D eigenvalue weighted by Crippen LogP contribution is -2.44. The molecule has 2 heterocycles. The van der Waals surface area contributed by atoms with Crippen molar-refractivity contribution in [3.05, 3.63) is 17.0 Å². The van der Waals surface area contributed by atoms with Gasteiger partial charge in [-0.25, -0.2) is 19.0 Å². The Morgan fingerprint density at radius 1 is 1.56 bits per heavy atom. The summed E-state index contributed by atoms with van der Waals surface area (Å²) >= 11 is 1.27. The van der Waals surface area contributed by atoms with Gasteiger partial charge in [0.25, 0.3) is 5.22 Å². The first kappa shape index (κ1) is 13.3. The smallest absolute Gasteiger partial charge is 0.276 e. The van der Waals surface area contributed by atoms with E-state index >= 15 is 0 Å². The minimum Gasteiger partial charge on any atom is -0.413 e. The van der Waals surface area contributed by atoms with Gasteiger partial charge in [-0.15, -0.1) is 10.2 Å². The molecule has 0 saturated carbocycles. The van der Waals surface area contributed by atoms with E-state index in [0.29, 0.717) is 5.22 Å². The summed E-state index contributed by atoms with van der Waals surface area (Å²) in [4.78, 5) is -0.0196. The van der Waals surface area contributed by atoms with Crippen LogP contribution in [0.25, 0.3) is 0 Å². The van der Waals surface area contributed by atoms with Gasteiger partial charge >= 0.3 is 0 Å². The first-order valence-corrected chi connectivity index (χ1v) is 7.68.